The van der Waals surface area contributed by atoms with Crippen LogP contribution < -0.4 is 16.0 Å². The van der Waals surface area contributed by atoms with Crippen molar-refractivity contribution in [2.24, 2.45) is 4.99 Å². The zero-order valence-corrected chi connectivity index (χ0v) is 16.7. The first-order valence-corrected chi connectivity index (χ1v) is 10.1. The highest BCUT2D eigenvalue weighted by Gasteiger charge is 2.15. The topological polar surface area (TPSA) is 74.8 Å². The van der Waals surface area contributed by atoms with Gasteiger partial charge in [0.15, 0.2) is 23.4 Å². The van der Waals surface area contributed by atoms with Crippen LogP contribution in [0.4, 0.5) is 18.9 Å². The average molecular weight is 414 g/mol. The summed E-state index contributed by atoms with van der Waals surface area (Å²) >= 11 is 0. The van der Waals surface area contributed by atoms with E-state index in [1.807, 2.05) is 6.92 Å². The van der Waals surface area contributed by atoms with Crippen molar-refractivity contribution in [3.05, 3.63) is 29.6 Å². The molecule has 1 aliphatic carbocycles. The van der Waals surface area contributed by atoms with E-state index in [2.05, 4.69) is 20.9 Å². The van der Waals surface area contributed by atoms with Crippen LogP contribution >= 0.6 is 0 Å². The van der Waals surface area contributed by atoms with Crippen molar-refractivity contribution in [1.29, 1.82) is 0 Å². The van der Waals surface area contributed by atoms with Crippen molar-refractivity contribution in [2.75, 3.05) is 31.6 Å². The zero-order chi connectivity index (χ0) is 21.1. The molecule has 1 aromatic carbocycles. The van der Waals surface area contributed by atoms with Crippen LogP contribution in [0, 0.1) is 17.5 Å². The minimum absolute atomic E-state index is 0.299. The molecular formula is C20H29F3N4O2. The molecule has 0 saturated heterocycles. The molecule has 0 radical (unpaired) electrons. The fourth-order valence-corrected chi connectivity index (χ4v) is 3.07. The molecule has 0 heterocycles. The van der Waals surface area contributed by atoms with E-state index < -0.39 is 29.0 Å². The van der Waals surface area contributed by atoms with Crippen LogP contribution in [0.5, 0.6) is 0 Å². The van der Waals surface area contributed by atoms with Crippen molar-refractivity contribution < 1.29 is 22.7 Å². The van der Waals surface area contributed by atoms with E-state index in [-0.39, 0.29) is 6.54 Å². The van der Waals surface area contributed by atoms with Crippen molar-refractivity contribution >= 4 is 17.6 Å². The Bertz CT molecular complexity index is 695. The number of hydrogen-bond donors (Lipinski definition) is 3. The molecule has 1 fully saturated rings. The third-order valence-electron chi connectivity index (χ3n) is 4.55. The number of benzene rings is 1. The highest BCUT2D eigenvalue weighted by atomic mass is 19.2. The van der Waals surface area contributed by atoms with Gasteiger partial charge in [-0.2, -0.15) is 0 Å². The SMILES string of the molecule is CCNC(=NCC(=O)Nc1ccc(F)c(F)c1F)NCCCOC1CCCCC1. The molecule has 0 atom stereocenters. The van der Waals surface area contributed by atoms with Gasteiger partial charge < -0.3 is 20.7 Å². The Morgan fingerprint density at radius 3 is 2.62 bits per heavy atom. The quantitative estimate of drug-likeness (QED) is 0.251. The Morgan fingerprint density at radius 2 is 1.90 bits per heavy atom. The molecule has 0 spiro atoms. The molecule has 29 heavy (non-hydrogen) atoms. The van der Waals surface area contributed by atoms with E-state index >= 15 is 0 Å². The summed E-state index contributed by atoms with van der Waals surface area (Å²) < 4.78 is 45.6. The Labute approximate surface area is 169 Å². The molecule has 0 aliphatic heterocycles. The van der Waals surface area contributed by atoms with Gasteiger partial charge in [0.1, 0.15) is 6.54 Å². The third kappa shape index (κ3) is 7.92. The molecule has 3 N–H and O–H groups in total. The van der Waals surface area contributed by atoms with Crippen molar-refractivity contribution in [2.45, 2.75) is 51.6 Å². The molecule has 1 aliphatic rings. The zero-order valence-electron chi connectivity index (χ0n) is 16.7. The van der Waals surface area contributed by atoms with E-state index in [1.54, 1.807) is 0 Å². The van der Waals surface area contributed by atoms with Gasteiger partial charge in [-0.15, -0.1) is 0 Å². The lowest BCUT2D eigenvalue weighted by Crippen LogP contribution is -2.38. The molecule has 162 valence electrons. The van der Waals surface area contributed by atoms with E-state index in [4.69, 9.17) is 4.74 Å². The highest BCUT2D eigenvalue weighted by Crippen LogP contribution is 2.20. The first-order valence-electron chi connectivity index (χ1n) is 10.1. The van der Waals surface area contributed by atoms with Gasteiger partial charge in [-0.1, -0.05) is 19.3 Å². The Kier molecular flexibility index (Phi) is 9.76. The summed E-state index contributed by atoms with van der Waals surface area (Å²) in [6.07, 6.45) is 7.18. The minimum Gasteiger partial charge on any atom is -0.378 e. The number of anilines is 1. The molecule has 0 bridgehead atoms. The maximum Gasteiger partial charge on any atom is 0.246 e. The summed E-state index contributed by atoms with van der Waals surface area (Å²) in [5.74, 6) is -4.59. The summed E-state index contributed by atoms with van der Waals surface area (Å²) in [7, 11) is 0. The lowest BCUT2D eigenvalue weighted by Gasteiger charge is -2.22. The van der Waals surface area contributed by atoms with Gasteiger partial charge in [-0.3, -0.25) is 4.79 Å². The summed E-state index contributed by atoms with van der Waals surface area (Å²) in [5, 5.41) is 8.29. The number of nitrogens with zero attached hydrogens (tertiary/aromatic N) is 1. The van der Waals surface area contributed by atoms with Gasteiger partial charge >= 0.3 is 0 Å². The summed E-state index contributed by atoms with van der Waals surface area (Å²) in [5.41, 5.74) is -0.429. The molecule has 6 nitrogen and oxygen atoms in total. The number of ether oxygens (including phenoxy) is 1. The van der Waals surface area contributed by atoms with Gasteiger partial charge in [0, 0.05) is 19.7 Å². The van der Waals surface area contributed by atoms with Crippen molar-refractivity contribution in [3.63, 3.8) is 0 Å². The molecular weight excluding hydrogens is 385 g/mol. The molecule has 0 unspecified atom stereocenters. The number of nitrogens with one attached hydrogen (secondary N) is 3. The number of aliphatic imine (C=N–C) groups is 1. The van der Waals surface area contributed by atoms with Crippen LogP contribution in [-0.4, -0.2) is 44.2 Å². The second kappa shape index (κ2) is 12.3. The second-order valence-corrected chi connectivity index (χ2v) is 6.88. The lowest BCUT2D eigenvalue weighted by atomic mass is 9.98. The molecule has 9 heteroatoms. The summed E-state index contributed by atoms with van der Waals surface area (Å²) in [6.45, 7) is 3.47. The highest BCUT2D eigenvalue weighted by molar-refractivity contribution is 5.94. The first-order chi connectivity index (χ1) is 14.0. The number of guanidine groups is 1. The van der Waals surface area contributed by atoms with E-state index in [0.29, 0.717) is 31.8 Å². The number of amides is 1. The number of hydrogen-bond acceptors (Lipinski definition) is 3. The Balaban J connectivity index is 1.74. The molecule has 1 aromatic rings. The predicted octanol–water partition coefficient (Wildman–Crippen LogP) is 3.34. The van der Waals surface area contributed by atoms with Crippen molar-refractivity contribution in [3.8, 4) is 0 Å². The van der Waals surface area contributed by atoms with Gasteiger partial charge in [-0.05, 0) is 38.3 Å². The van der Waals surface area contributed by atoms with E-state index in [9.17, 15) is 18.0 Å². The first kappa shape index (κ1) is 23.0. The fourth-order valence-electron chi connectivity index (χ4n) is 3.07. The maximum absolute atomic E-state index is 13.6. The monoisotopic (exact) mass is 414 g/mol. The molecule has 0 aromatic heterocycles. The second-order valence-electron chi connectivity index (χ2n) is 6.88. The van der Waals surface area contributed by atoms with E-state index in [1.165, 1.54) is 19.3 Å². The van der Waals surface area contributed by atoms with Gasteiger partial charge in [0.05, 0.1) is 11.8 Å². The Hall–Kier alpha value is -2.29. The van der Waals surface area contributed by atoms with Crippen LogP contribution in [-0.2, 0) is 9.53 Å². The summed E-state index contributed by atoms with van der Waals surface area (Å²) in [4.78, 5) is 16.1. The molecule has 1 saturated carbocycles. The lowest BCUT2D eigenvalue weighted by molar-refractivity contribution is -0.114. The number of carbonyl (C=O) groups excluding carboxylic acids is 1. The predicted molar refractivity (Wildman–Crippen MR) is 106 cm³/mol. The fraction of sp³-hybridized carbons (Fsp3) is 0.600. The standard InChI is InChI=1S/C20H29F3N4O2/c1-2-24-20(25-11-6-12-29-14-7-4-3-5-8-14)26-13-17(28)27-16-10-9-15(21)18(22)19(16)23/h9-10,14H,2-8,11-13H2,1H3,(H,27,28)(H2,24,25,26). The number of halogens is 3. The minimum atomic E-state index is -1.63. The smallest absolute Gasteiger partial charge is 0.246 e. The van der Waals surface area contributed by atoms with Crippen LogP contribution in [0.2, 0.25) is 0 Å². The van der Waals surface area contributed by atoms with Gasteiger partial charge in [0.2, 0.25) is 5.91 Å². The van der Waals surface area contributed by atoms with Crippen LogP contribution in [0.3, 0.4) is 0 Å². The maximum atomic E-state index is 13.6. The van der Waals surface area contributed by atoms with Crippen molar-refractivity contribution in [1.82, 2.24) is 10.6 Å². The van der Waals surface area contributed by atoms with Gasteiger partial charge in [0.25, 0.3) is 0 Å². The van der Waals surface area contributed by atoms with Gasteiger partial charge in [-0.25, -0.2) is 18.2 Å². The normalized spacial score (nSPS) is 15.2. The third-order valence-corrected chi connectivity index (χ3v) is 4.55. The number of rotatable bonds is 9. The van der Waals surface area contributed by atoms with Crippen LogP contribution in [0.1, 0.15) is 45.4 Å². The largest absolute Gasteiger partial charge is 0.378 e. The molecule has 2 rings (SSSR count). The van der Waals surface area contributed by atoms with Crippen LogP contribution in [0.25, 0.3) is 0 Å². The Morgan fingerprint density at radius 1 is 1.14 bits per heavy atom. The number of carbonyl (C=O) groups is 1. The van der Waals surface area contributed by atoms with E-state index in [0.717, 1.165) is 31.4 Å². The van der Waals surface area contributed by atoms with Crippen LogP contribution in [0.15, 0.2) is 17.1 Å². The molecule has 1 amide bonds. The summed E-state index contributed by atoms with van der Waals surface area (Å²) in [6, 6.07) is 1.71. The average Bonchev–Trinajstić information content (AvgIpc) is 2.73.